The van der Waals surface area contributed by atoms with E-state index in [2.05, 4.69) is 10.2 Å². The number of nitrogens with one attached hydrogen (secondary N) is 1. The predicted molar refractivity (Wildman–Crippen MR) is 166 cm³/mol. The van der Waals surface area contributed by atoms with Gasteiger partial charge in [-0.25, -0.2) is 4.79 Å². The third-order valence-corrected chi connectivity index (χ3v) is 6.01. The smallest absolute Gasteiger partial charge is 0.335 e. The van der Waals surface area contributed by atoms with Gasteiger partial charge in [-0.05, 0) is 54.8 Å². The van der Waals surface area contributed by atoms with Crippen LogP contribution in [-0.2, 0) is 51.3 Å². The van der Waals surface area contributed by atoms with Crippen molar-refractivity contribution in [3.63, 3.8) is 0 Å². The average Bonchev–Trinajstić information content (AvgIpc) is 3.36. The van der Waals surface area contributed by atoms with E-state index < -0.39 is 17.8 Å². The normalized spacial score (nSPS) is 12.3. The molecule has 2 aromatic rings. The molecule has 1 heterocycles. The first-order chi connectivity index (χ1) is 22.1. The first kappa shape index (κ1) is 40.0. The number of hydrogen-bond donors (Lipinski definition) is 6. The van der Waals surface area contributed by atoms with Crippen LogP contribution in [0, 0.1) is 0 Å². The number of phenolic OH excluding ortho intramolecular Hbond substituents is 4. The fourth-order valence-corrected chi connectivity index (χ4v) is 3.52. The van der Waals surface area contributed by atoms with Gasteiger partial charge in [0.25, 0.3) is 11.8 Å². The zero-order chi connectivity index (χ0) is 34.2. The van der Waals surface area contributed by atoms with E-state index in [0.29, 0.717) is 31.4 Å². The first-order valence-corrected chi connectivity index (χ1v) is 14.7. The average molecular weight is 654 g/mol. The molecule has 2 amide bonds. The SMILES string of the molecule is COCCCOCCCNCc1ccc(O)c(O)c1.COCCOCCC(=O)ON1C(=O)CCC1=O.NCc1ccc(O)c(O)c1. The molecular weight excluding hydrogens is 606 g/mol. The number of hydrogen-bond acceptors (Lipinski definition) is 14. The highest BCUT2D eigenvalue weighted by atomic mass is 16.7. The minimum atomic E-state index is -0.661. The number of nitrogens with zero attached hydrogens (tertiary/aromatic N) is 1. The molecule has 0 atom stereocenters. The summed E-state index contributed by atoms with van der Waals surface area (Å²) < 4.78 is 20.1. The Kier molecular flexibility index (Phi) is 21.1. The Morgan fingerprint density at radius 3 is 1.91 bits per heavy atom. The molecule has 0 aliphatic carbocycles. The summed E-state index contributed by atoms with van der Waals surface area (Å²) in [6.45, 7) is 5.08. The first-order valence-electron chi connectivity index (χ1n) is 14.7. The lowest BCUT2D eigenvalue weighted by Crippen LogP contribution is -2.32. The van der Waals surface area contributed by atoms with Crippen LogP contribution in [0.25, 0.3) is 0 Å². The van der Waals surface area contributed by atoms with E-state index in [1.165, 1.54) is 18.2 Å². The number of carbonyl (C=O) groups excluding carboxylic acids is 3. The number of carbonyl (C=O) groups is 3. The van der Waals surface area contributed by atoms with Gasteiger partial charge in [-0.1, -0.05) is 12.1 Å². The molecule has 0 bridgehead atoms. The second kappa shape index (κ2) is 24.3. The summed E-state index contributed by atoms with van der Waals surface area (Å²) in [6.07, 6.45) is 2.04. The maximum atomic E-state index is 11.2. The van der Waals surface area contributed by atoms with Gasteiger partial charge in [0, 0.05) is 60.0 Å². The number of ether oxygens (including phenoxy) is 4. The number of methoxy groups -OCH3 is 2. The number of imide groups is 1. The maximum Gasteiger partial charge on any atom is 0.335 e. The van der Waals surface area contributed by atoms with Crippen LogP contribution in [0.15, 0.2) is 36.4 Å². The molecule has 15 nitrogen and oxygen atoms in total. The van der Waals surface area contributed by atoms with Gasteiger partial charge in [0.15, 0.2) is 23.0 Å². The van der Waals surface area contributed by atoms with Crippen molar-refractivity contribution in [1.82, 2.24) is 10.4 Å². The molecule has 1 saturated heterocycles. The quantitative estimate of drug-likeness (QED) is 0.0768. The third-order valence-electron chi connectivity index (χ3n) is 6.01. The summed E-state index contributed by atoms with van der Waals surface area (Å²) in [5.74, 6) is -2.03. The van der Waals surface area contributed by atoms with Gasteiger partial charge < -0.3 is 55.3 Å². The topological polar surface area (TPSA) is 220 Å². The summed E-state index contributed by atoms with van der Waals surface area (Å²) in [7, 11) is 3.23. The van der Waals surface area contributed by atoms with E-state index in [0.717, 1.165) is 50.3 Å². The van der Waals surface area contributed by atoms with E-state index in [1.807, 2.05) is 0 Å². The lowest BCUT2D eigenvalue weighted by molar-refractivity contribution is -0.198. The van der Waals surface area contributed by atoms with Gasteiger partial charge in [-0.15, -0.1) is 5.06 Å². The summed E-state index contributed by atoms with van der Waals surface area (Å²) in [6, 6.07) is 9.35. The zero-order valence-electron chi connectivity index (χ0n) is 26.4. The molecule has 1 aliphatic rings. The van der Waals surface area contributed by atoms with Gasteiger partial charge in [-0.3, -0.25) is 9.59 Å². The number of aromatic hydroxyl groups is 4. The van der Waals surface area contributed by atoms with Crippen LogP contribution in [0.2, 0.25) is 0 Å². The minimum absolute atomic E-state index is 0.0131. The number of rotatable bonds is 18. The third kappa shape index (κ3) is 17.5. The van der Waals surface area contributed by atoms with E-state index >= 15 is 0 Å². The molecule has 7 N–H and O–H groups in total. The van der Waals surface area contributed by atoms with Crippen molar-refractivity contribution in [2.24, 2.45) is 5.73 Å². The molecule has 0 spiro atoms. The maximum absolute atomic E-state index is 11.2. The van der Waals surface area contributed by atoms with Crippen molar-refractivity contribution >= 4 is 17.8 Å². The number of benzene rings is 2. The van der Waals surface area contributed by atoms with Gasteiger partial charge >= 0.3 is 5.97 Å². The number of nitrogens with two attached hydrogens (primary N) is 1. The largest absolute Gasteiger partial charge is 0.504 e. The summed E-state index contributed by atoms with van der Waals surface area (Å²) in [5, 5.41) is 40.1. The van der Waals surface area contributed by atoms with Crippen molar-refractivity contribution < 1.29 is 58.6 Å². The van der Waals surface area contributed by atoms with Crippen molar-refractivity contribution in [2.45, 2.75) is 45.2 Å². The summed E-state index contributed by atoms with van der Waals surface area (Å²) in [4.78, 5) is 38.1. The lowest BCUT2D eigenvalue weighted by atomic mass is 10.2. The van der Waals surface area contributed by atoms with Crippen LogP contribution in [-0.4, -0.2) is 104 Å². The van der Waals surface area contributed by atoms with E-state index in [1.54, 1.807) is 32.4 Å². The number of hydroxylamine groups is 2. The highest BCUT2D eigenvalue weighted by Crippen LogP contribution is 2.25. The number of amides is 2. The molecule has 0 saturated carbocycles. The summed E-state index contributed by atoms with van der Waals surface area (Å²) >= 11 is 0. The Balaban J connectivity index is 0.000000361. The predicted octanol–water partition coefficient (Wildman–Crippen LogP) is 1.83. The molecule has 3 rings (SSSR count). The van der Waals surface area contributed by atoms with Crippen molar-refractivity contribution in [1.29, 1.82) is 0 Å². The Hall–Kier alpha value is -3.99. The minimum Gasteiger partial charge on any atom is -0.504 e. The Morgan fingerprint density at radius 2 is 1.33 bits per heavy atom. The Morgan fingerprint density at radius 1 is 0.761 bits per heavy atom. The van der Waals surface area contributed by atoms with Crippen LogP contribution in [0.4, 0.5) is 0 Å². The second-order valence-electron chi connectivity index (χ2n) is 9.74. The highest BCUT2D eigenvalue weighted by molar-refractivity contribution is 6.01. The van der Waals surface area contributed by atoms with Crippen LogP contribution in [0.3, 0.4) is 0 Å². The highest BCUT2D eigenvalue weighted by Gasteiger charge is 2.32. The van der Waals surface area contributed by atoms with E-state index in [4.69, 9.17) is 34.9 Å². The van der Waals surface area contributed by atoms with E-state index in [-0.39, 0.29) is 48.9 Å². The van der Waals surface area contributed by atoms with Crippen LogP contribution in [0.5, 0.6) is 23.0 Å². The number of phenols is 4. The summed E-state index contributed by atoms with van der Waals surface area (Å²) in [5.41, 5.74) is 7.02. The monoisotopic (exact) mass is 653 g/mol. The fraction of sp³-hybridized carbons (Fsp3) is 0.516. The lowest BCUT2D eigenvalue weighted by Gasteiger charge is -2.12. The molecule has 0 unspecified atom stereocenters. The molecule has 46 heavy (non-hydrogen) atoms. The van der Waals surface area contributed by atoms with Crippen LogP contribution < -0.4 is 11.1 Å². The molecule has 2 aromatic carbocycles. The van der Waals surface area contributed by atoms with Crippen molar-refractivity contribution in [3.05, 3.63) is 47.5 Å². The molecule has 1 fully saturated rings. The van der Waals surface area contributed by atoms with Gasteiger partial charge in [0.2, 0.25) is 0 Å². The molecule has 15 heteroatoms. The van der Waals surface area contributed by atoms with Gasteiger partial charge in [-0.2, -0.15) is 0 Å². The van der Waals surface area contributed by atoms with E-state index in [9.17, 15) is 24.6 Å². The molecule has 0 aromatic heterocycles. The molecule has 0 radical (unpaired) electrons. The van der Waals surface area contributed by atoms with Crippen molar-refractivity contribution in [3.8, 4) is 23.0 Å². The fourth-order valence-electron chi connectivity index (χ4n) is 3.52. The van der Waals surface area contributed by atoms with Crippen molar-refractivity contribution in [2.75, 3.05) is 60.4 Å². The standard InChI is InChI=1S/C14H23NO4.C10H15NO6.C7H9NO2/c1-18-7-3-9-19-8-2-6-15-11-12-4-5-13(16)14(17)10-12;1-15-6-7-16-5-4-10(14)17-11-8(12)2-3-9(11)13;8-4-5-1-2-6(9)7(10)3-5/h4-5,10,15-17H,2-3,6-9,11H2,1H3;2-7H2,1H3;1-3,9-10H,4,8H2. The molecular formula is C31H47N3O12. The molecule has 1 aliphatic heterocycles. The van der Waals surface area contributed by atoms with Crippen LogP contribution >= 0.6 is 0 Å². The zero-order valence-corrected chi connectivity index (χ0v) is 26.4. The Bertz CT molecular complexity index is 1170. The Labute approximate surface area is 268 Å². The van der Waals surface area contributed by atoms with Crippen LogP contribution in [0.1, 0.15) is 43.2 Å². The molecule has 258 valence electrons. The second-order valence-corrected chi connectivity index (χ2v) is 9.74. The van der Waals surface area contributed by atoms with Gasteiger partial charge in [0.05, 0.1) is 26.2 Å². The van der Waals surface area contributed by atoms with Gasteiger partial charge in [0.1, 0.15) is 0 Å².